The summed E-state index contributed by atoms with van der Waals surface area (Å²) in [5.74, 6) is 0.0724. The second kappa shape index (κ2) is 11.0. The fraction of sp³-hybridized carbons (Fsp3) is 0.231. The molecular weight excluding hydrogens is 447 g/mol. The number of nitrogens with one attached hydrogen (secondary N) is 1. The monoisotopic (exact) mass is 471 g/mol. The number of carbonyl (C=O) groups is 2. The number of methoxy groups -OCH3 is 1. The van der Waals surface area contributed by atoms with Crippen molar-refractivity contribution < 1.29 is 32.2 Å². The number of esters is 1. The molecule has 0 radical (unpaired) electrons. The van der Waals surface area contributed by atoms with Gasteiger partial charge in [0.05, 0.1) is 19.1 Å². The number of hydrogen-bond acceptors (Lipinski definition) is 5. The van der Waals surface area contributed by atoms with Crippen LogP contribution in [0.4, 0.5) is 13.2 Å². The molecule has 178 valence electrons. The molecule has 0 aliphatic heterocycles. The third-order valence-corrected chi connectivity index (χ3v) is 5.39. The van der Waals surface area contributed by atoms with E-state index >= 15 is 0 Å². The Morgan fingerprint density at radius 1 is 1.03 bits per heavy atom. The molecule has 0 aliphatic rings. The Balaban J connectivity index is 1.73. The number of alkyl halides is 3. The molecule has 34 heavy (non-hydrogen) atoms. The van der Waals surface area contributed by atoms with E-state index in [1.54, 1.807) is 31.3 Å². The normalized spacial score (nSPS) is 12.1. The molecule has 1 unspecified atom stereocenters. The molecule has 0 saturated heterocycles. The zero-order valence-electron chi connectivity index (χ0n) is 18.7. The molecule has 0 aromatic heterocycles. The van der Waals surface area contributed by atoms with Gasteiger partial charge in [-0.1, -0.05) is 36.4 Å². The zero-order chi connectivity index (χ0) is 24.7. The molecule has 0 amide bonds. The minimum Gasteiger partial charge on any atom is -0.489 e. The Bertz CT molecular complexity index is 1140. The maximum absolute atomic E-state index is 12.8. The van der Waals surface area contributed by atoms with Crippen molar-refractivity contribution in [1.82, 2.24) is 5.32 Å². The highest BCUT2D eigenvalue weighted by atomic mass is 19.4. The molecule has 3 aromatic carbocycles. The van der Waals surface area contributed by atoms with Crippen molar-refractivity contribution in [3.8, 4) is 16.9 Å². The lowest BCUT2D eigenvalue weighted by molar-refractivity contribution is -0.141. The SMILES string of the molecule is CNC(CC(=O)OC)c1ccc(OCc2cccc(-c3ccc(C(F)(F)F)cc3)c2)cc1C=O. The van der Waals surface area contributed by atoms with Crippen LogP contribution in [0.25, 0.3) is 11.1 Å². The highest BCUT2D eigenvalue weighted by molar-refractivity contribution is 5.79. The van der Waals surface area contributed by atoms with Gasteiger partial charge in [0.2, 0.25) is 0 Å². The third-order valence-electron chi connectivity index (χ3n) is 5.39. The number of carbonyl (C=O) groups excluding carboxylic acids is 2. The second-order valence-electron chi connectivity index (χ2n) is 7.59. The van der Waals surface area contributed by atoms with Crippen LogP contribution >= 0.6 is 0 Å². The maximum Gasteiger partial charge on any atom is 0.416 e. The van der Waals surface area contributed by atoms with Gasteiger partial charge in [0.1, 0.15) is 12.4 Å². The maximum atomic E-state index is 12.8. The fourth-order valence-corrected chi connectivity index (χ4v) is 3.54. The standard InChI is InChI=1S/C26H24F3NO4/c1-30-24(14-25(32)33-2)23-11-10-22(13-20(23)15-31)34-16-17-4-3-5-19(12-17)18-6-8-21(9-7-18)26(27,28)29/h3-13,15,24,30H,14,16H2,1-2H3. The lowest BCUT2D eigenvalue weighted by atomic mass is 9.98. The van der Waals surface area contributed by atoms with Crippen LogP contribution in [0.15, 0.2) is 66.7 Å². The van der Waals surface area contributed by atoms with Gasteiger partial charge in [0.15, 0.2) is 6.29 Å². The highest BCUT2D eigenvalue weighted by Gasteiger charge is 2.30. The fourth-order valence-electron chi connectivity index (χ4n) is 3.54. The van der Waals surface area contributed by atoms with E-state index in [4.69, 9.17) is 9.47 Å². The molecule has 5 nitrogen and oxygen atoms in total. The van der Waals surface area contributed by atoms with Gasteiger partial charge in [-0.2, -0.15) is 13.2 Å². The minimum absolute atomic E-state index is 0.0742. The van der Waals surface area contributed by atoms with Gasteiger partial charge in [-0.15, -0.1) is 0 Å². The Hall–Kier alpha value is -3.65. The van der Waals surface area contributed by atoms with E-state index in [2.05, 4.69) is 5.32 Å². The van der Waals surface area contributed by atoms with Crippen LogP contribution in [0.1, 0.15) is 39.5 Å². The molecule has 0 aliphatic carbocycles. The summed E-state index contributed by atoms with van der Waals surface area (Å²) in [5, 5.41) is 3.01. The molecule has 0 bridgehead atoms. The Kier molecular flexibility index (Phi) is 8.07. The third kappa shape index (κ3) is 6.23. The first kappa shape index (κ1) is 25.0. The predicted molar refractivity (Wildman–Crippen MR) is 121 cm³/mol. The van der Waals surface area contributed by atoms with E-state index in [9.17, 15) is 22.8 Å². The zero-order valence-corrected chi connectivity index (χ0v) is 18.7. The molecule has 3 rings (SSSR count). The van der Waals surface area contributed by atoms with Crippen LogP contribution in [0.2, 0.25) is 0 Å². The van der Waals surface area contributed by atoms with Crippen LogP contribution in [-0.2, 0) is 22.3 Å². The first-order valence-electron chi connectivity index (χ1n) is 10.5. The van der Waals surface area contributed by atoms with Crippen LogP contribution < -0.4 is 10.1 Å². The molecule has 0 heterocycles. The molecule has 8 heteroatoms. The number of halogens is 3. The topological polar surface area (TPSA) is 64.6 Å². The smallest absolute Gasteiger partial charge is 0.416 e. The number of benzene rings is 3. The van der Waals surface area contributed by atoms with Gasteiger partial charge in [-0.05, 0) is 59.6 Å². The summed E-state index contributed by atoms with van der Waals surface area (Å²) in [6.45, 7) is 0.198. The van der Waals surface area contributed by atoms with Gasteiger partial charge in [-0.25, -0.2) is 0 Å². The van der Waals surface area contributed by atoms with E-state index in [1.807, 2.05) is 18.2 Å². The van der Waals surface area contributed by atoms with Crippen LogP contribution in [0, 0.1) is 0 Å². The van der Waals surface area contributed by atoms with Gasteiger partial charge in [-0.3, -0.25) is 9.59 Å². The summed E-state index contributed by atoms with van der Waals surface area (Å²) in [6.07, 6.45) is -3.60. The van der Waals surface area contributed by atoms with E-state index in [0.29, 0.717) is 28.7 Å². The van der Waals surface area contributed by atoms with Crippen LogP contribution in [0.3, 0.4) is 0 Å². The molecule has 1 N–H and O–H groups in total. The van der Waals surface area contributed by atoms with Gasteiger partial charge < -0.3 is 14.8 Å². The Morgan fingerprint density at radius 3 is 2.38 bits per heavy atom. The second-order valence-corrected chi connectivity index (χ2v) is 7.59. The summed E-state index contributed by atoms with van der Waals surface area (Å²) < 4.78 is 49.0. The van der Waals surface area contributed by atoms with Crippen LogP contribution in [0.5, 0.6) is 5.75 Å². The van der Waals surface area contributed by atoms with Crippen molar-refractivity contribution in [3.63, 3.8) is 0 Å². The summed E-state index contributed by atoms with van der Waals surface area (Å²) >= 11 is 0. The quantitative estimate of drug-likeness (QED) is 0.326. The van der Waals surface area contributed by atoms with Crippen molar-refractivity contribution in [2.24, 2.45) is 0 Å². The minimum atomic E-state index is -4.38. The lowest BCUT2D eigenvalue weighted by Gasteiger charge is -2.18. The average Bonchev–Trinajstić information content (AvgIpc) is 2.85. The first-order chi connectivity index (χ1) is 16.2. The molecule has 0 saturated carbocycles. The summed E-state index contributed by atoms with van der Waals surface area (Å²) in [6, 6.07) is 16.9. The predicted octanol–water partition coefficient (Wildman–Crippen LogP) is 5.59. The summed E-state index contributed by atoms with van der Waals surface area (Å²) in [4.78, 5) is 23.3. The van der Waals surface area contributed by atoms with E-state index in [-0.39, 0.29) is 19.1 Å². The average molecular weight is 471 g/mol. The summed E-state index contributed by atoms with van der Waals surface area (Å²) in [7, 11) is 3.00. The van der Waals surface area contributed by atoms with Crippen molar-refractivity contribution in [2.75, 3.05) is 14.2 Å². The van der Waals surface area contributed by atoms with E-state index < -0.39 is 17.7 Å². The Morgan fingerprint density at radius 2 is 1.76 bits per heavy atom. The summed E-state index contributed by atoms with van der Waals surface area (Å²) in [5.41, 5.74) is 2.58. The molecule has 0 fully saturated rings. The van der Waals surface area contributed by atoms with E-state index in [1.165, 1.54) is 19.2 Å². The first-order valence-corrected chi connectivity index (χ1v) is 10.5. The molecule has 3 aromatic rings. The number of hydrogen-bond donors (Lipinski definition) is 1. The van der Waals surface area contributed by atoms with Crippen molar-refractivity contribution >= 4 is 12.3 Å². The van der Waals surface area contributed by atoms with Gasteiger partial charge >= 0.3 is 12.1 Å². The van der Waals surface area contributed by atoms with Crippen molar-refractivity contribution in [3.05, 3.63) is 89.0 Å². The highest BCUT2D eigenvalue weighted by Crippen LogP contribution is 2.31. The molecule has 1 atom stereocenters. The number of aldehydes is 1. The molecular formula is C26H24F3NO4. The van der Waals surface area contributed by atoms with E-state index in [0.717, 1.165) is 23.3 Å². The number of rotatable bonds is 9. The van der Waals surface area contributed by atoms with Crippen LogP contribution in [-0.4, -0.2) is 26.4 Å². The Labute approximate surface area is 195 Å². The van der Waals surface area contributed by atoms with Gasteiger partial charge in [0, 0.05) is 11.6 Å². The van der Waals surface area contributed by atoms with Crippen molar-refractivity contribution in [1.29, 1.82) is 0 Å². The van der Waals surface area contributed by atoms with Crippen molar-refractivity contribution in [2.45, 2.75) is 25.2 Å². The molecule has 0 spiro atoms. The number of ether oxygens (including phenoxy) is 2. The largest absolute Gasteiger partial charge is 0.489 e. The lowest BCUT2D eigenvalue weighted by Crippen LogP contribution is -2.22. The van der Waals surface area contributed by atoms with Gasteiger partial charge in [0.25, 0.3) is 0 Å².